The molecule has 1 unspecified atom stereocenters. The third kappa shape index (κ3) is 10.6. The number of ether oxygens (including phenoxy) is 2. The topological polar surface area (TPSA) is 67.9 Å². The molecule has 0 bridgehead atoms. The highest BCUT2D eigenvalue weighted by Crippen LogP contribution is 2.17. The fourth-order valence-electron chi connectivity index (χ4n) is 4.71. The van der Waals surface area contributed by atoms with Crippen LogP contribution in [-0.4, -0.2) is 56.0 Å². The van der Waals surface area contributed by atoms with Crippen molar-refractivity contribution in [2.45, 2.75) is 77.2 Å². The lowest BCUT2D eigenvalue weighted by molar-refractivity contribution is -0.122. The maximum absolute atomic E-state index is 12.7. The minimum atomic E-state index is 0.0840. The molecule has 1 heterocycles. The first-order valence-electron chi connectivity index (χ1n) is 14.0. The largest absolute Gasteiger partial charge is 0.497 e. The van der Waals surface area contributed by atoms with Gasteiger partial charge >= 0.3 is 0 Å². The third-order valence-corrected chi connectivity index (χ3v) is 6.98. The average molecular weight is 509 g/mol. The molecule has 0 aromatic heterocycles. The van der Waals surface area contributed by atoms with E-state index in [2.05, 4.69) is 29.3 Å². The molecule has 6 heteroatoms. The molecular weight excluding hydrogens is 464 g/mol. The van der Waals surface area contributed by atoms with Gasteiger partial charge in [0.25, 0.3) is 0 Å². The lowest BCUT2D eigenvalue weighted by Gasteiger charge is -2.24. The molecule has 1 saturated heterocycles. The average Bonchev–Trinajstić information content (AvgIpc) is 3.43. The number of rotatable bonds is 17. The van der Waals surface area contributed by atoms with Crippen molar-refractivity contribution in [3.63, 3.8) is 0 Å². The van der Waals surface area contributed by atoms with Gasteiger partial charge in [-0.25, -0.2) is 0 Å². The summed E-state index contributed by atoms with van der Waals surface area (Å²) in [7, 11) is 1.61. The molecule has 1 atom stereocenters. The molecule has 1 fully saturated rings. The number of hydrogen-bond acceptors (Lipinski definition) is 5. The van der Waals surface area contributed by atoms with Gasteiger partial charge in [0.2, 0.25) is 5.91 Å². The van der Waals surface area contributed by atoms with Crippen LogP contribution in [0.15, 0.2) is 48.5 Å². The lowest BCUT2D eigenvalue weighted by atomic mass is 10.0. The zero-order valence-electron chi connectivity index (χ0n) is 22.7. The highest BCUT2D eigenvalue weighted by atomic mass is 16.5. The predicted octanol–water partition coefficient (Wildman–Crippen LogP) is 5.83. The molecule has 2 aromatic rings. The Balaban J connectivity index is 1.41. The fraction of sp³-hybridized carbons (Fsp3) is 0.548. The number of nitrogens with zero attached hydrogens (tertiary/aromatic N) is 1. The van der Waals surface area contributed by atoms with Gasteiger partial charge in [-0.1, -0.05) is 25.5 Å². The van der Waals surface area contributed by atoms with Crippen LogP contribution in [0.1, 0.15) is 80.6 Å². The summed E-state index contributed by atoms with van der Waals surface area (Å²) in [6.07, 6.45) is 8.84. The number of Topliss-reactive ketones (excluding diaryl/α,β-unsaturated/α-hetero) is 1. The molecule has 1 N–H and O–H groups in total. The van der Waals surface area contributed by atoms with Crippen LogP contribution in [-0.2, 0) is 11.2 Å². The first-order chi connectivity index (χ1) is 18.1. The quantitative estimate of drug-likeness (QED) is 0.215. The Morgan fingerprint density at radius 1 is 0.919 bits per heavy atom. The Morgan fingerprint density at radius 2 is 1.59 bits per heavy atom. The molecule has 37 heavy (non-hydrogen) atoms. The summed E-state index contributed by atoms with van der Waals surface area (Å²) in [5.41, 5.74) is 1.96. The number of ketones is 1. The Labute approximate surface area is 222 Å². The van der Waals surface area contributed by atoms with E-state index in [0.717, 1.165) is 63.4 Å². The number of amides is 1. The van der Waals surface area contributed by atoms with E-state index < -0.39 is 0 Å². The van der Waals surface area contributed by atoms with Crippen molar-refractivity contribution in [2.75, 3.05) is 33.4 Å². The Kier molecular flexibility index (Phi) is 12.5. The van der Waals surface area contributed by atoms with Crippen molar-refractivity contribution >= 4 is 11.7 Å². The van der Waals surface area contributed by atoms with Gasteiger partial charge in [-0.05, 0) is 100.0 Å². The SMILES string of the molecule is CCCCOc1ccc(CCC(CN2CCCC2)NC(=O)CCCCC(=O)c2ccc(OC)cc2)cc1. The molecule has 202 valence electrons. The summed E-state index contributed by atoms with van der Waals surface area (Å²) in [5.74, 6) is 1.85. The number of carbonyl (C=O) groups excluding carboxylic acids is 2. The standard InChI is InChI=1S/C31H44N2O4/c1-3-4-23-37-29-17-12-25(13-18-29)11-16-27(24-33-21-7-8-22-33)32-31(35)10-6-5-9-30(34)26-14-19-28(36-2)20-15-26/h12-15,17-20,27H,3-11,16,21-24H2,1-2H3,(H,32,35). The van der Waals surface area contributed by atoms with Gasteiger partial charge in [-0.3, -0.25) is 9.59 Å². The molecule has 6 nitrogen and oxygen atoms in total. The molecule has 0 saturated carbocycles. The number of methoxy groups -OCH3 is 1. The van der Waals surface area contributed by atoms with E-state index in [1.54, 1.807) is 31.4 Å². The maximum Gasteiger partial charge on any atom is 0.220 e. The first kappa shape index (κ1) is 28.7. The summed E-state index contributed by atoms with van der Waals surface area (Å²) in [6, 6.07) is 15.7. The summed E-state index contributed by atoms with van der Waals surface area (Å²) >= 11 is 0. The van der Waals surface area contributed by atoms with E-state index in [4.69, 9.17) is 9.47 Å². The van der Waals surface area contributed by atoms with Crippen molar-refractivity contribution < 1.29 is 19.1 Å². The molecule has 0 aliphatic carbocycles. The van der Waals surface area contributed by atoms with Crippen LogP contribution >= 0.6 is 0 Å². The number of likely N-dealkylation sites (tertiary alicyclic amines) is 1. The van der Waals surface area contributed by atoms with Crippen LogP contribution in [0.25, 0.3) is 0 Å². The summed E-state index contributed by atoms with van der Waals surface area (Å²) in [5, 5.41) is 3.29. The van der Waals surface area contributed by atoms with Gasteiger partial charge in [0, 0.05) is 31.0 Å². The molecular formula is C31H44N2O4. The molecule has 0 spiro atoms. The van der Waals surface area contributed by atoms with Gasteiger partial charge in [-0.15, -0.1) is 0 Å². The van der Waals surface area contributed by atoms with Crippen LogP contribution < -0.4 is 14.8 Å². The van der Waals surface area contributed by atoms with Crippen molar-refractivity contribution in [3.8, 4) is 11.5 Å². The molecule has 3 rings (SSSR count). The monoisotopic (exact) mass is 508 g/mol. The number of hydrogen-bond donors (Lipinski definition) is 1. The number of unbranched alkanes of at least 4 members (excludes halogenated alkanes) is 2. The second-order valence-electron chi connectivity index (χ2n) is 10.0. The van der Waals surface area contributed by atoms with Crippen LogP contribution in [0.4, 0.5) is 0 Å². The second kappa shape index (κ2) is 16.1. The number of carbonyl (C=O) groups is 2. The number of aryl methyl sites for hydroxylation is 1. The van der Waals surface area contributed by atoms with E-state index in [9.17, 15) is 9.59 Å². The van der Waals surface area contributed by atoms with E-state index in [1.807, 2.05) is 12.1 Å². The maximum atomic E-state index is 12.7. The minimum Gasteiger partial charge on any atom is -0.497 e. The molecule has 1 aliphatic heterocycles. The minimum absolute atomic E-state index is 0.0840. The Bertz CT molecular complexity index is 937. The Hall–Kier alpha value is -2.86. The molecule has 1 aliphatic rings. The molecule has 2 aromatic carbocycles. The smallest absolute Gasteiger partial charge is 0.220 e. The van der Waals surface area contributed by atoms with Gasteiger partial charge in [0.15, 0.2) is 5.78 Å². The predicted molar refractivity (Wildman–Crippen MR) is 149 cm³/mol. The summed E-state index contributed by atoms with van der Waals surface area (Å²) in [6.45, 7) is 6.05. The second-order valence-corrected chi connectivity index (χ2v) is 10.0. The number of nitrogens with one attached hydrogen (secondary N) is 1. The van der Waals surface area contributed by atoms with Crippen LogP contribution in [0.5, 0.6) is 11.5 Å². The zero-order valence-corrected chi connectivity index (χ0v) is 22.7. The zero-order chi connectivity index (χ0) is 26.3. The molecule has 1 amide bonds. The van der Waals surface area contributed by atoms with Crippen molar-refractivity contribution in [3.05, 3.63) is 59.7 Å². The van der Waals surface area contributed by atoms with E-state index >= 15 is 0 Å². The van der Waals surface area contributed by atoms with Crippen LogP contribution in [0.3, 0.4) is 0 Å². The highest BCUT2D eigenvalue weighted by molar-refractivity contribution is 5.96. The van der Waals surface area contributed by atoms with Crippen LogP contribution in [0, 0.1) is 0 Å². The fourth-order valence-corrected chi connectivity index (χ4v) is 4.71. The third-order valence-electron chi connectivity index (χ3n) is 6.98. The van der Waals surface area contributed by atoms with Crippen molar-refractivity contribution in [1.29, 1.82) is 0 Å². The summed E-state index contributed by atoms with van der Waals surface area (Å²) in [4.78, 5) is 27.6. The van der Waals surface area contributed by atoms with Crippen molar-refractivity contribution in [2.24, 2.45) is 0 Å². The van der Waals surface area contributed by atoms with Crippen LogP contribution in [0.2, 0.25) is 0 Å². The van der Waals surface area contributed by atoms with Crippen molar-refractivity contribution in [1.82, 2.24) is 10.2 Å². The van der Waals surface area contributed by atoms with Gasteiger partial charge in [-0.2, -0.15) is 0 Å². The molecule has 0 radical (unpaired) electrons. The highest BCUT2D eigenvalue weighted by Gasteiger charge is 2.19. The Morgan fingerprint density at radius 3 is 2.27 bits per heavy atom. The van der Waals surface area contributed by atoms with Gasteiger partial charge < -0.3 is 19.7 Å². The van der Waals surface area contributed by atoms with Gasteiger partial charge in [0.05, 0.1) is 13.7 Å². The van der Waals surface area contributed by atoms with E-state index in [0.29, 0.717) is 31.2 Å². The number of benzene rings is 2. The normalized spacial score (nSPS) is 14.3. The van der Waals surface area contributed by atoms with E-state index in [-0.39, 0.29) is 17.7 Å². The van der Waals surface area contributed by atoms with E-state index in [1.165, 1.54) is 18.4 Å². The first-order valence-corrected chi connectivity index (χ1v) is 14.0. The lowest BCUT2D eigenvalue weighted by Crippen LogP contribution is -2.43. The van der Waals surface area contributed by atoms with Gasteiger partial charge in [0.1, 0.15) is 11.5 Å². The summed E-state index contributed by atoms with van der Waals surface area (Å²) < 4.78 is 10.9.